The van der Waals surface area contributed by atoms with Gasteiger partial charge < -0.3 is 24.8 Å². The molecule has 1 aromatic carbocycles. The number of nitrogens with zero attached hydrogens (tertiary/aromatic N) is 6. The fourth-order valence-electron chi connectivity index (χ4n) is 5.42. The first-order valence-corrected chi connectivity index (χ1v) is 14.6. The molecule has 244 valence electrons. The largest absolute Gasteiger partial charge is 0.481 e. The normalized spacial score (nSPS) is 16.5. The summed E-state index contributed by atoms with van der Waals surface area (Å²) in [4.78, 5) is 41.1. The number of hydrogen-bond acceptors (Lipinski definition) is 10. The number of carbonyl (C=O) groups is 2. The van der Waals surface area contributed by atoms with Crippen LogP contribution in [0, 0.1) is 11.3 Å². The van der Waals surface area contributed by atoms with Crippen LogP contribution in [0.3, 0.4) is 0 Å². The molecule has 4 rings (SSSR count). The molecule has 2 unspecified atom stereocenters. The first-order valence-electron chi connectivity index (χ1n) is 14.6. The van der Waals surface area contributed by atoms with Crippen LogP contribution in [0.1, 0.15) is 68.5 Å². The van der Waals surface area contributed by atoms with E-state index in [1.165, 1.54) is 30.5 Å². The minimum atomic E-state index is -4.69. The Morgan fingerprint density at radius 2 is 1.93 bits per heavy atom. The lowest BCUT2D eigenvalue weighted by atomic mass is 9.92. The van der Waals surface area contributed by atoms with Crippen LogP contribution in [0.4, 0.5) is 35.3 Å². The predicted molar refractivity (Wildman–Crippen MR) is 161 cm³/mol. The lowest BCUT2D eigenvalue weighted by molar-refractivity contribution is -0.138. The quantitative estimate of drug-likeness (QED) is 0.256. The number of hydrogen-bond donors (Lipinski definition) is 2. The Morgan fingerprint density at radius 1 is 1.22 bits per heavy atom. The van der Waals surface area contributed by atoms with Crippen molar-refractivity contribution in [3.05, 3.63) is 65.1 Å². The molecule has 1 amide bonds. The Kier molecular flexibility index (Phi) is 10.5. The SMILES string of the molecule is CCOC(=O)N1c2ccc(OC)nc2C(N(Cc2cc(C#N)cc(C(F)(F)F)c2)c2ncc(NC(C)CC(=O)O)cn2)C[C@H]1CC. The van der Waals surface area contributed by atoms with Gasteiger partial charge in [0.2, 0.25) is 11.8 Å². The van der Waals surface area contributed by atoms with E-state index in [1.54, 1.807) is 36.9 Å². The first kappa shape index (κ1) is 33.8. The Morgan fingerprint density at radius 3 is 2.52 bits per heavy atom. The number of fused-ring (bicyclic) bond motifs is 1. The molecule has 1 aliphatic heterocycles. The maximum atomic E-state index is 13.8. The Hall–Kier alpha value is -5.13. The van der Waals surface area contributed by atoms with Crippen LogP contribution in [0.2, 0.25) is 0 Å². The third-order valence-corrected chi connectivity index (χ3v) is 7.42. The van der Waals surface area contributed by atoms with Crippen LogP contribution in [0.25, 0.3) is 0 Å². The highest BCUT2D eigenvalue weighted by Crippen LogP contribution is 2.43. The summed E-state index contributed by atoms with van der Waals surface area (Å²) in [7, 11) is 1.44. The number of amides is 1. The highest BCUT2D eigenvalue weighted by atomic mass is 19.4. The summed E-state index contributed by atoms with van der Waals surface area (Å²) in [5.41, 5.74) is 0.310. The molecule has 2 N–H and O–H groups in total. The molecule has 0 saturated heterocycles. The number of nitrogens with one attached hydrogen (secondary N) is 1. The summed E-state index contributed by atoms with van der Waals surface area (Å²) < 4.78 is 52.2. The van der Waals surface area contributed by atoms with E-state index in [9.17, 15) is 28.0 Å². The monoisotopic (exact) mass is 641 g/mol. The zero-order valence-corrected chi connectivity index (χ0v) is 25.7. The molecule has 3 atom stereocenters. The molecule has 0 saturated carbocycles. The molecule has 0 aliphatic carbocycles. The van der Waals surface area contributed by atoms with E-state index >= 15 is 0 Å². The topological polar surface area (TPSA) is 154 Å². The van der Waals surface area contributed by atoms with Crippen molar-refractivity contribution in [1.82, 2.24) is 15.0 Å². The number of alkyl halides is 3. The van der Waals surface area contributed by atoms with E-state index in [1.807, 2.05) is 6.92 Å². The van der Waals surface area contributed by atoms with E-state index in [2.05, 4.69) is 20.3 Å². The predicted octanol–water partition coefficient (Wildman–Crippen LogP) is 5.94. The number of benzene rings is 1. The van der Waals surface area contributed by atoms with Gasteiger partial charge in [0.25, 0.3) is 0 Å². The fourth-order valence-corrected chi connectivity index (χ4v) is 5.42. The van der Waals surface area contributed by atoms with E-state index < -0.39 is 35.9 Å². The standard InChI is InChI=1S/C31H34F3N7O5/c1-5-23-13-25(28-24(7-8-26(39-28)45-4)41(23)30(44)46-6-2)40(17-20-10-19(14-35)11-21(12-20)31(32,33)34)29-36-15-22(16-37-29)38-18(3)9-27(42)43/h7-8,10-12,15-16,18,23,25,38H,5-6,9,13,17H2,1-4H3,(H,42,43)/t18?,23-,25?/m1/s1. The molecule has 2 aromatic heterocycles. The number of carboxylic acid groups (broad SMARTS) is 1. The smallest absolute Gasteiger partial charge is 0.416 e. The Bertz CT molecular complexity index is 1600. The number of carbonyl (C=O) groups excluding carboxylic acids is 1. The highest BCUT2D eigenvalue weighted by molar-refractivity contribution is 5.90. The summed E-state index contributed by atoms with van der Waals surface area (Å²) in [6.45, 7) is 5.29. The summed E-state index contributed by atoms with van der Waals surface area (Å²) >= 11 is 0. The van der Waals surface area contributed by atoms with Crippen LogP contribution in [0.5, 0.6) is 5.88 Å². The van der Waals surface area contributed by atoms with Crippen LogP contribution in [0.15, 0.2) is 42.7 Å². The average molecular weight is 642 g/mol. The third-order valence-electron chi connectivity index (χ3n) is 7.42. The third kappa shape index (κ3) is 7.74. The van der Waals surface area contributed by atoms with Gasteiger partial charge in [-0.2, -0.15) is 18.4 Å². The number of halogens is 3. The van der Waals surface area contributed by atoms with Gasteiger partial charge in [0, 0.05) is 24.7 Å². The fraction of sp³-hybridized carbons (Fsp3) is 0.419. The van der Waals surface area contributed by atoms with Crippen molar-refractivity contribution in [2.75, 3.05) is 28.8 Å². The zero-order chi connectivity index (χ0) is 33.6. The molecule has 1 aliphatic rings. The first-order chi connectivity index (χ1) is 21.9. The number of rotatable bonds is 11. The van der Waals surface area contributed by atoms with Crippen molar-refractivity contribution in [1.29, 1.82) is 5.26 Å². The molecule has 3 aromatic rings. The van der Waals surface area contributed by atoms with Gasteiger partial charge in [-0.3, -0.25) is 9.69 Å². The van der Waals surface area contributed by atoms with Crippen LogP contribution < -0.4 is 19.9 Å². The molecular formula is C31H34F3N7O5. The lowest BCUT2D eigenvalue weighted by Crippen LogP contribution is -2.48. The second-order valence-electron chi connectivity index (χ2n) is 10.7. The van der Waals surface area contributed by atoms with E-state index in [4.69, 9.17) is 14.6 Å². The molecule has 0 fully saturated rings. The molecule has 12 nitrogen and oxygen atoms in total. The second-order valence-corrected chi connectivity index (χ2v) is 10.7. The van der Waals surface area contributed by atoms with Gasteiger partial charge in [0.15, 0.2) is 0 Å². The summed E-state index contributed by atoms with van der Waals surface area (Å²) in [5, 5.41) is 21.6. The minimum absolute atomic E-state index is 0.132. The van der Waals surface area contributed by atoms with Crippen LogP contribution in [-0.4, -0.2) is 57.9 Å². The molecule has 0 bridgehead atoms. The van der Waals surface area contributed by atoms with Crippen LogP contribution >= 0.6 is 0 Å². The molecule has 0 spiro atoms. The summed E-state index contributed by atoms with van der Waals surface area (Å²) in [6.07, 6.45) is -1.70. The highest BCUT2D eigenvalue weighted by Gasteiger charge is 2.41. The molecule has 15 heteroatoms. The number of methoxy groups -OCH3 is 1. The maximum Gasteiger partial charge on any atom is 0.416 e. The lowest BCUT2D eigenvalue weighted by Gasteiger charge is -2.43. The van der Waals surface area contributed by atoms with Gasteiger partial charge in [-0.1, -0.05) is 6.92 Å². The molecule has 3 heterocycles. The van der Waals surface area contributed by atoms with Crippen molar-refractivity contribution in [3.63, 3.8) is 0 Å². The van der Waals surface area contributed by atoms with Crippen LogP contribution in [-0.2, 0) is 22.3 Å². The van der Waals surface area contributed by atoms with Crippen molar-refractivity contribution in [2.24, 2.45) is 0 Å². The molecule has 46 heavy (non-hydrogen) atoms. The number of pyridine rings is 1. The Balaban J connectivity index is 1.86. The van der Waals surface area contributed by atoms with Gasteiger partial charge >= 0.3 is 18.2 Å². The van der Waals surface area contributed by atoms with Crippen molar-refractivity contribution >= 4 is 29.4 Å². The minimum Gasteiger partial charge on any atom is -0.481 e. The number of nitriles is 1. The van der Waals surface area contributed by atoms with Gasteiger partial charge in [-0.25, -0.2) is 19.7 Å². The Labute approximate surface area is 263 Å². The summed E-state index contributed by atoms with van der Waals surface area (Å²) in [6, 6.07) is 6.74. The van der Waals surface area contributed by atoms with Crippen molar-refractivity contribution in [3.8, 4) is 11.9 Å². The number of anilines is 3. The molecule has 0 radical (unpaired) electrons. The van der Waals surface area contributed by atoms with Crippen molar-refractivity contribution in [2.45, 2.75) is 70.9 Å². The van der Waals surface area contributed by atoms with E-state index in [0.29, 0.717) is 23.5 Å². The van der Waals surface area contributed by atoms with E-state index in [0.717, 1.165) is 12.1 Å². The number of ether oxygens (including phenoxy) is 2. The van der Waals surface area contributed by atoms with Gasteiger partial charge in [-0.05, 0) is 56.5 Å². The zero-order valence-electron chi connectivity index (χ0n) is 25.7. The van der Waals surface area contributed by atoms with Gasteiger partial charge in [-0.15, -0.1) is 0 Å². The number of aliphatic carboxylic acids is 1. The number of aromatic nitrogens is 3. The van der Waals surface area contributed by atoms with Gasteiger partial charge in [0.1, 0.15) is 0 Å². The summed E-state index contributed by atoms with van der Waals surface area (Å²) in [5.74, 6) is -0.601. The average Bonchev–Trinajstić information content (AvgIpc) is 3.02. The number of carboxylic acids is 1. The molecular weight excluding hydrogens is 607 g/mol. The maximum absolute atomic E-state index is 13.8. The van der Waals surface area contributed by atoms with Crippen molar-refractivity contribution < 1.29 is 37.3 Å². The van der Waals surface area contributed by atoms with E-state index in [-0.39, 0.29) is 55.0 Å². The van der Waals surface area contributed by atoms with Gasteiger partial charge in [0.05, 0.1) is 72.8 Å². The second kappa shape index (κ2) is 14.3.